The highest BCUT2D eigenvalue weighted by Gasteiger charge is 2.21. The number of Topliss-reactive ketones (excluding diaryl/α,β-unsaturated/α-hetero) is 1. The SMILES string of the molecule is CC(O)CC(=N)C(=O)c1cc2cc(N3CCN(C(C)C)CC3)ncc2[nH]1. The Kier molecular flexibility index (Phi) is 5.38. The standard InChI is InChI=1S/C19H27N5O2/c1-12(2)23-4-6-24(7-5-23)18-10-14-9-16(22-17(14)11-21-18)19(26)15(20)8-13(3)25/h9-13,20,22,25H,4-8H2,1-3H3. The Balaban J connectivity index is 1.76. The van der Waals surface area contributed by atoms with Crippen LogP contribution < -0.4 is 4.90 Å². The minimum Gasteiger partial charge on any atom is -0.393 e. The highest BCUT2D eigenvalue weighted by atomic mass is 16.3. The van der Waals surface area contributed by atoms with Gasteiger partial charge in [-0.1, -0.05) is 0 Å². The number of H-pyrrole nitrogens is 1. The van der Waals surface area contributed by atoms with Crippen molar-refractivity contribution in [2.24, 2.45) is 0 Å². The summed E-state index contributed by atoms with van der Waals surface area (Å²) in [6, 6.07) is 4.32. The molecule has 1 saturated heterocycles. The van der Waals surface area contributed by atoms with E-state index in [-0.39, 0.29) is 17.9 Å². The maximum absolute atomic E-state index is 12.3. The lowest BCUT2D eigenvalue weighted by Gasteiger charge is -2.37. The molecule has 7 nitrogen and oxygen atoms in total. The molecule has 0 spiro atoms. The minimum atomic E-state index is -0.700. The molecule has 140 valence electrons. The predicted molar refractivity (Wildman–Crippen MR) is 103 cm³/mol. The number of carbonyl (C=O) groups is 1. The number of carbonyl (C=O) groups excluding carboxylic acids is 1. The highest BCUT2D eigenvalue weighted by Crippen LogP contribution is 2.22. The number of piperazine rings is 1. The lowest BCUT2D eigenvalue weighted by atomic mass is 10.1. The summed E-state index contributed by atoms with van der Waals surface area (Å²) in [4.78, 5) is 24.6. The van der Waals surface area contributed by atoms with Crippen molar-refractivity contribution in [2.75, 3.05) is 31.1 Å². The molecule has 0 bridgehead atoms. The Morgan fingerprint density at radius 3 is 2.58 bits per heavy atom. The minimum absolute atomic E-state index is 0.0534. The number of ketones is 1. The first kappa shape index (κ1) is 18.5. The van der Waals surface area contributed by atoms with E-state index in [0.29, 0.717) is 11.7 Å². The van der Waals surface area contributed by atoms with Crippen LogP contribution in [0.1, 0.15) is 37.7 Å². The fourth-order valence-corrected chi connectivity index (χ4v) is 3.33. The van der Waals surface area contributed by atoms with Crippen molar-refractivity contribution in [3.05, 3.63) is 24.0 Å². The molecule has 3 N–H and O–H groups in total. The largest absolute Gasteiger partial charge is 0.393 e. The van der Waals surface area contributed by atoms with Gasteiger partial charge in [-0.3, -0.25) is 9.69 Å². The summed E-state index contributed by atoms with van der Waals surface area (Å²) in [7, 11) is 0. The van der Waals surface area contributed by atoms with Crippen molar-refractivity contribution in [1.29, 1.82) is 5.41 Å². The third-order valence-electron chi connectivity index (χ3n) is 4.88. The molecule has 1 unspecified atom stereocenters. The van der Waals surface area contributed by atoms with Gasteiger partial charge in [-0.25, -0.2) is 4.98 Å². The molecule has 2 aromatic heterocycles. The van der Waals surface area contributed by atoms with Gasteiger partial charge >= 0.3 is 0 Å². The first-order chi connectivity index (χ1) is 12.3. The molecule has 2 aromatic rings. The van der Waals surface area contributed by atoms with Crippen LogP contribution in [-0.2, 0) is 0 Å². The van der Waals surface area contributed by atoms with Gasteiger partial charge in [-0.2, -0.15) is 0 Å². The van der Waals surface area contributed by atoms with Gasteiger partial charge in [0, 0.05) is 44.0 Å². The number of aliphatic hydroxyl groups is 1. The zero-order valence-electron chi connectivity index (χ0n) is 15.6. The Morgan fingerprint density at radius 1 is 1.27 bits per heavy atom. The Morgan fingerprint density at radius 2 is 1.96 bits per heavy atom. The molecule has 3 heterocycles. The van der Waals surface area contributed by atoms with Crippen molar-refractivity contribution in [3.63, 3.8) is 0 Å². The van der Waals surface area contributed by atoms with Crippen LogP contribution in [0.4, 0.5) is 5.82 Å². The van der Waals surface area contributed by atoms with Crippen LogP contribution in [0.5, 0.6) is 0 Å². The number of anilines is 1. The molecular formula is C19H27N5O2. The van der Waals surface area contributed by atoms with E-state index >= 15 is 0 Å². The van der Waals surface area contributed by atoms with Crippen molar-refractivity contribution >= 4 is 28.2 Å². The van der Waals surface area contributed by atoms with E-state index in [4.69, 9.17) is 5.41 Å². The van der Waals surface area contributed by atoms with Crippen LogP contribution in [0.15, 0.2) is 18.3 Å². The lowest BCUT2D eigenvalue weighted by molar-refractivity contribution is 0.105. The van der Waals surface area contributed by atoms with Crippen molar-refractivity contribution < 1.29 is 9.90 Å². The molecule has 0 saturated carbocycles. The molecule has 1 aliphatic rings. The fraction of sp³-hybridized carbons (Fsp3) is 0.526. The summed E-state index contributed by atoms with van der Waals surface area (Å²) < 4.78 is 0. The van der Waals surface area contributed by atoms with Gasteiger partial charge in [0.05, 0.1) is 29.2 Å². The smallest absolute Gasteiger partial charge is 0.222 e. The van der Waals surface area contributed by atoms with E-state index in [1.807, 2.05) is 6.07 Å². The number of aliphatic hydroxyl groups excluding tert-OH is 1. The number of fused-ring (bicyclic) bond motifs is 1. The van der Waals surface area contributed by atoms with Gasteiger partial charge in [-0.05, 0) is 32.9 Å². The average Bonchev–Trinajstić information content (AvgIpc) is 3.03. The van der Waals surface area contributed by atoms with Gasteiger partial charge in [-0.15, -0.1) is 0 Å². The zero-order valence-corrected chi connectivity index (χ0v) is 15.6. The van der Waals surface area contributed by atoms with Gasteiger partial charge < -0.3 is 20.4 Å². The second-order valence-corrected chi connectivity index (χ2v) is 7.29. The first-order valence-corrected chi connectivity index (χ1v) is 9.13. The number of nitrogens with one attached hydrogen (secondary N) is 2. The summed E-state index contributed by atoms with van der Waals surface area (Å²) in [5, 5.41) is 18.1. The number of aromatic amines is 1. The molecular weight excluding hydrogens is 330 g/mol. The van der Waals surface area contributed by atoms with Crippen LogP contribution in [0.25, 0.3) is 10.9 Å². The van der Waals surface area contributed by atoms with Gasteiger partial charge in [0.15, 0.2) is 0 Å². The topological polar surface area (TPSA) is 96.3 Å². The molecule has 0 radical (unpaired) electrons. The van der Waals surface area contributed by atoms with E-state index in [0.717, 1.165) is 42.9 Å². The Bertz CT molecular complexity index is 803. The number of rotatable bonds is 6. The fourth-order valence-electron chi connectivity index (χ4n) is 3.33. The van der Waals surface area contributed by atoms with Crippen LogP contribution in [-0.4, -0.2) is 69.8 Å². The molecule has 0 aromatic carbocycles. The third kappa shape index (κ3) is 3.94. The number of pyridine rings is 1. The van der Waals surface area contributed by atoms with Crippen LogP contribution in [0.2, 0.25) is 0 Å². The molecule has 3 rings (SSSR count). The summed E-state index contributed by atoms with van der Waals surface area (Å²) >= 11 is 0. The number of hydrogen-bond acceptors (Lipinski definition) is 6. The third-order valence-corrected chi connectivity index (χ3v) is 4.88. The number of aromatic nitrogens is 2. The summed E-state index contributed by atoms with van der Waals surface area (Å²) in [6.45, 7) is 9.91. The predicted octanol–water partition coefficient (Wildman–Crippen LogP) is 2.07. The van der Waals surface area contributed by atoms with E-state index in [1.165, 1.54) is 0 Å². The van der Waals surface area contributed by atoms with Crippen molar-refractivity contribution in [1.82, 2.24) is 14.9 Å². The van der Waals surface area contributed by atoms with Crippen LogP contribution in [0, 0.1) is 5.41 Å². The summed E-state index contributed by atoms with van der Waals surface area (Å²) in [5.41, 5.74) is 1.06. The summed E-state index contributed by atoms with van der Waals surface area (Å²) in [5.74, 6) is 0.534. The first-order valence-electron chi connectivity index (χ1n) is 9.13. The Hall–Kier alpha value is -2.25. The molecule has 1 atom stereocenters. The second kappa shape index (κ2) is 7.55. The summed E-state index contributed by atoms with van der Waals surface area (Å²) in [6.07, 6.45) is 1.10. The van der Waals surface area contributed by atoms with E-state index in [1.54, 1.807) is 19.2 Å². The molecule has 26 heavy (non-hydrogen) atoms. The molecule has 1 aliphatic heterocycles. The average molecular weight is 357 g/mol. The van der Waals surface area contributed by atoms with Crippen molar-refractivity contribution in [3.8, 4) is 0 Å². The van der Waals surface area contributed by atoms with E-state index in [9.17, 15) is 9.90 Å². The second-order valence-electron chi connectivity index (χ2n) is 7.29. The monoisotopic (exact) mass is 357 g/mol. The van der Waals surface area contributed by atoms with E-state index < -0.39 is 6.10 Å². The maximum Gasteiger partial charge on any atom is 0.222 e. The molecule has 7 heteroatoms. The molecule has 1 fully saturated rings. The van der Waals surface area contributed by atoms with Crippen molar-refractivity contribution in [2.45, 2.75) is 39.3 Å². The van der Waals surface area contributed by atoms with Crippen LogP contribution in [0.3, 0.4) is 0 Å². The van der Waals surface area contributed by atoms with Crippen LogP contribution >= 0.6 is 0 Å². The van der Waals surface area contributed by atoms with Gasteiger partial charge in [0.1, 0.15) is 5.82 Å². The molecule has 0 amide bonds. The lowest BCUT2D eigenvalue weighted by Crippen LogP contribution is -2.49. The van der Waals surface area contributed by atoms with Gasteiger partial charge in [0.2, 0.25) is 5.78 Å². The van der Waals surface area contributed by atoms with Gasteiger partial charge in [0.25, 0.3) is 0 Å². The number of hydrogen-bond donors (Lipinski definition) is 3. The Labute approximate surface area is 153 Å². The number of nitrogens with zero attached hydrogens (tertiary/aromatic N) is 3. The zero-order chi connectivity index (χ0) is 18.8. The van der Waals surface area contributed by atoms with E-state index in [2.05, 4.69) is 33.6 Å². The maximum atomic E-state index is 12.3. The molecule has 0 aliphatic carbocycles. The normalized spacial score (nSPS) is 17.0. The quantitative estimate of drug-likeness (QED) is 0.543. The highest BCUT2D eigenvalue weighted by molar-refractivity contribution is 6.44.